The first-order valence-corrected chi connectivity index (χ1v) is 11.2. The fraction of sp³-hybridized carbons (Fsp3) is 0.360. The van der Waals surface area contributed by atoms with Crippen molar-refractivity contribution in [1.29, 1.82) is 0 Å². The lowest BCUT2D eigenvalue weighted by Gasteiger charge is -2.32. The molecule has 2 aliphatic heterocycles. The average molecular weight is 466 g/mol. The summed E-state index contributed by atoms with van der Waals surface area (Å²) in [7, 11) is 3.05. The van der Waals surface area contributed by atoms with E-state index in [1.54, 1.807) is 47.4 Å². The molecular weight excluding hydrogens is 438 g/mol. The van der Waals surface area contributed by atoms with Gasteiger partial charge in [-0.05, 0) is 49.1 Å². The number of imide groups is 1. The molecule has 9 heteroatoms. The summed E-state index contributed by atoms with van der Waals surface area (Å²) < 4.78 is 10.4. The van der Waals surface area contributed by atoms with Gasteiger partial charge in [-0.3, -0.25) is 24.1 Å². The third kappa shape index (κ3) is 4.59. The summed E-state index contributed by atoms with van der Waals surface area (Å²) >= 11 is 0. The third-order valence-electron chi connectivity index (χ3n) is 6.34. The van der Waals surface area contributed by atoms with Crippen molar-refractivity contribution in [2.24, 2.45) is 5.92 Å². The summed E-state index contributed by atoms with van der Waals surface area (Å²) in [5.41, 5.74) is 1.15. The molecule has 1 fully saturated rings. The zero-order chi connectivity index (χ0) is 24.2. The molecule has 4 amide bonds. The molecule has 2 aromatic rings. The van der Waals surface area contributed by atoms with Gasteiger partial charge in [0.15, 0.2) is 11.5 Å². The van der Waals surface area contributed by atoms with Gasteiger partial charge in [0.2, 0.25) is 5.91 Å². The predicted octanol–water partition coefficient (Wildman–Crippen LogP) is 1.97. The van der Waals surface area contributed by atoms with Gasteiger partial charge in [0.25, 0.3) is 17.7 Å². The molecule has 0 aliphatic carbocycles. The molecule has 9 nitrogen and oxygen atoms in total. The Labute approximate surface area is 197 Å². The highest BCUT2D eigenvalue weighted by Crippen LogP contribution is 2.28. The Morgan fingerprint density at radius 1 is 0.941 bits per heavy atom. The summed E-state index contributed by atoms with van der Waals surface area (Å²) in [4.78, 5) is 53.0. The lowest BCUT2D eigenvalue weighted by molar-refractivity contribution is -0.132. The number of ether oxygens (including phenoxy) is 2. The number of carbonyl (C=O) groups excluding carboxylic acids is 4. The standard InChI is InChI=1S/C25H27N3O6/c1-33-20-8-7-17(13-21(20)34-2)23(30)26-14-16-9-11-27(12-10-16)22(29)15-28-24(31)18-5-3-4-6-19(18)25(28)32/h3-8,13,16H,9-12,14-15H2,1-2H3,(H,26,30). The first-order valence-electron chi connectivity index (χ1n) is 11.2. The fourth-order valence-corrected chi connectivity index (χ4v) is 4.32. The molecule has 0 atom stereocenters. The second-order valence-corrected chi connectivity index (χ2v) is 8.35. The van der Waals surface area contributed by atoms with Crippen molar-refractivity contribution < 1.29 is 28.7 Å². The molecule has 0 spiro atoms. The first kappa shape index (κ1) is 23.3. The number of methoxy groups -OCH3 is 2. The van der Waals surface area contributed by atoms with Crippen LogP contribution in [0.4, 0.5) is 0 Å². The zero-order valence-electron chi connectivity index (χ0n) is 19.2. The Hall–Kier alpha value is -3.88. The molecule has 1 saturated heterocycles. The van der Waals surface area contributed by atoms with Crippen LogP contribution in [0.2, 0.25) is 0 Å². The van der Waals surface area contributed by atoms with Gasteiger partial charge in [-0.2, -0.15) is 0 Å². The highest BCUT2D eigenvalue weighted by Gasteiger charge is 2.37. The van der Waals surface area contributed by atoms with Crippen LogP contribution in [0.15, 0.2) is 42.5 Å². The molecule has 0 saturated carbocycles. The van der Waals surface area contributed by atoms with Crippen LogP contribution in [0.1, 0.15) is 43.9 Å². The molecule has 2 heterocycles. The molecule has 0 bridgehead atoms. The second-order valence-electron chi connectivity index (χ2n) is 8.35. The van der Waals surface area contributed by atoms with Crippen molar-refractivity contribution in [3.63, 3.8) is 0 Å². The number of hydrogen-bond acceptors (Lipinski definition) is 6. The smallest absolute Gasteiger partial charge is 0.262 e. The normalized spacial score (nSPS) is 15.8. The maximum atomic E-state index is 12.8. The Morgan fingerprint density at radius 2 is 1.56 bits per heavy atom. The van der Waals surface area contributed by atoms with Gasteiger partial charge < -0.3 is 19.7 Å². The van der Waals surface area contributed by atoms with Gasteiger partial charge in [-0.15, -0.1) is 0 Å². The monoisotopic (exact) mass is 465 g/mol. The van der Waals surface area contributed by atoms with Crippen molar-refractivity contribution in [2.45, 2.75) is 12.8 Å². The number of nitrogens with one attached hydrogen (secondary N) is 1. The first-order chi connectivity index (χ1) is 16.4. The van der Waals surface area contributed by atoms with Crippen LogP contribution in [0.3, 0.4) is 0 Å². The van der Waals surface area contributed by atoms with E-state index in [1.165, 1.54) is 14.2 Å². The predicted molar refractivity (Wildman–Crippen MR) is 123 cm³/mol. The van der Waals surface area contributed by atoms with Crippen LogP contribution in [0.25, 0.3) is 0 Å². The average Bonchev–Trinajstić information content (AvgIpc) is 3.12. The van der Waals surface area contributed by atoms with E-state index in [2.05, 4.69) is 5.32 Å². The molecule has 0 aromatic heterocycles. The number of nitrogens with zero attached hydrogens (tertiary/aromatic N) is 2. The summed E-state index contributed by atoms with van der Waals surface area (Å²) in [5.74, 6) is -0.0411. The highest BCUT2D eigenvalue weighted by atomic mass is 16.5. The van der Waals surface area contributed by atoms with Crippen LogP contribution >= 0.6 is 0 Å². The molecule has 178 valence electrons. The van der Waals surface area contributed by atoms with Crippen molar-refractivity contribution >= 4 is 23.6 Å². The second kappa shape index (κ2) is 9.94. The SMILES string of the molecule is COc1ccc(C(=O)NCC2CCN(C(=O)CN3C(=O)c4ccccc4C3=O)CC2)cc1OC. The maximum absolute atomic E-state index is 12.8. The molecule has 1 N–H and O–H groups in total. The van der Waals surface area contributed by atoms with E-state index in [1.807, 2.05) is 0 Å². The Bertz CT molecular complexity index is 1090. The van der Waals surface area contributed by atoms with Crippen molar-refractivity contribution in [2.75, 3.05) is 40.4 Å². The van der Waals surface area contributed by atoms with Crippen LogP contribution in [0.5, 0.6) is 11.5 Å². The van der Waals surface area contributed by atoms with Gasteiger partial charge in [0.05, 0.1) is 25.3 Å². The number of amides is 4. The number of fused-ring (bicyclic) bond motifs is 1. The molecule has 4 rings (SSSR count). The Balaban J connectivity index is 1.25. The summed E-state index contributed by atoms with van der Waals surface area (Å²) in [6.45, 7) is 1.26. The molecule has 0 unspecified atom stereocenters. The topological polar surface area (TPSA) is 105 Å². The van der Waals surface area contributed by atoms with E-state index in [0.29, 0.717) is 47.8 Å². The quantitative estimate of drug-likeness (QED) is 0.627. The van der Waals surface area contributed by atoms with Crippen LogP contribution in [0, 0.1) is 5.92 Å². The van der Waals surface area contributed by atoms with Crippen LogP contribution in [-0.4, -0.2) is 73.8 Å². The van der Waals surface area contributed by atoms with E-state index in [9.17, 15) is 19.2 Å². The van der Waals surface area contributed by atoms with E-state index in [0.717, 1.165) is 17.7 Å². The largest absolute Gasteiger partial charge is 0.493 e. The van der Waals surface area contributed by atoms with Gasteiger partial charge in [-0.1, -0.05) is 12.1 Å². The highest BCUT2D eigenvalue weighted by molar-refractivity contribution is 6.22. The van der Waals surface area contributed by atoms with E-state index in [-0.39, 0.29) is 24.3 Å². The van der Waals surface area contributed by atoms with E-state index in [4.69, 9.17) is 9.47 Å². The van der Waals surface area contributed by atoms with Crippen LogP contribution < -0.4 is 14.8 Å². The number of benzene rings is 2. The Kier molecular flexibility index (Phi) is 6.81. The number of rotatable bonds is 7. The summed E-state index contributed by atoms with van der Waals surface area (Å²) in [6.07, 6.45) is 1.44. The third-order valence-corrected chi connectivity index (χ3v) is 6.34. The lowest BCUT2D eigenvalue weighted by atomic mass is 9.96. The van der Waals surface area contributed by atoms with Gasteiger partial charge >= 0.3 is 0 Å². The van der Waals surface area contributed by atoms with Gasteiger partial charge in [0, 0.05) is 25.2 Å². The number of likely N-dealkylation sites (tertiary alicyclic amines) is 1. The van der Waals surface area contributed by atoms with E-state index >= 15 is 0 Å². The molecule has 2 aliphatic rings. The fourth-order valence-electron chi connectivity index (χ4n) is 4.32. The lowest BCUT2D eigenvalue weighted by Crippen LogP contribution is -2.46. The van der Waals surface area contributed by atoms with Crippen molar-refractivity contribution in [3.05, 3.63) is 59.2 Å². The van der Waals surface area contributed by atoms with Crippen molar-refractivity contribution in [3.8, 4) is 11.5 Å². The minimum atomic E-state index is -0.429. The van der Waals surface area contributed by atoms with Crippen LogP contribution in [-0.2, 0) is 4.79 Å². The van der Waals surface area contributed by atoms with Crippen molar-refractivity contribution in [1.82, 2.24) is 15.1 Å². The summed E-state index contributed by atoms with van der Waals surface area (Å²) in [5, 5.41) is 2.95. The minimum Gasteiger partial charge on any atom is -0.493 e. The van der Waals surface area contributed by atoms with Gasteiger partial charge in [0.1, 0.15) is 6.54 Å². The minimum absolute atomic E-state index is 0.204. The zero-order valence-corrected chi connectivity index (χ0v) is 19.2. The molecule has 0 radical (unpaired) electrons. The van der Waals surface area contributed by atoms with E-state index < -0.39 is 11.8 Å². The summed E-state index contributed by atoms with van der Waals surface area (Å²) in [6, 6.07) is 11.6. The molecule has 34 heavy (non-hydrogen) atoms. The van der Waals surface area contributed by atoms with Gasteiger partial charge in [-0.25, -0.2) is 0 Å². The number of piperidine rings is 1. The Morgan fingerprint density at radius 3 is 2.15 bits per heavy atom. The maximum Gasteiger partial charge on any atom is 0.262 e. The molecular formula is C25H27N3O6. The number of hydrogen-bond donors (Lipinski definition) is 1. The molecule has 2 aromatic carbocycles. The number of carbonyl (C=O) groups is 4.